The molecule has 180 valence electrons. The summed E-state index contributed by atoms with van der Waals surface area (Å²) in [6, 6.07) is 6.22. The summed E-state index contributed by atoms with van der Waals surface area (Å²) in [5.41, 5.74) is 0.176. The molecule has 2 N–H and O–H groups in total. The molecule has 33 heavy (non-hydrogen) atoms. The molecule has 0 radical (unpaired) electrons. The van der Waals surface area contributed by atoms with E-state index in [2.05, 4.69) is 15.5 Å². The molecule has 1 aromatic carbocycles. The third kappa shape index (κ3) is 5.68. The molecule has 12 heteroatoms. The van der Waals surface area contributed by atoms with Crippen LogP contribution in [0.5, 0.6) is 0 Å². The molecule has 2 aliphatic rings. The van der Waals surface area contributed by atoms with Gasteiger partial charge in [-0.1, -0.05) is 18.2 Å². The Morgan fingerprint density at radius 1 is 1.24 bits per heavy atom. The summed E-state index contributed by atoms with van der Waals surface area (Å²) in [6.45, 7) is 3.90. The van der Waals surface area contributed by atoms with Gasteiger partial charge >= 0.3 is 5.69 Å². The molecule has 10 nitrogen and oxygen atoms in total. The van der Waals surface area contributed by atoms with E-state index in [0.29, 0.717) is 37.1 Å². The number of rotatable bonds is 8. The van der Waals surface area contributed by atoms with Crippen LogP contribution in [0.15, 0.2) is 39.1 Å². The Morgan fingerprint density at radius 3 is 2.64 bits per heavy atom. The van der Waals surface area contributed by atoms with E-state index in [9.17, 15) is 18.0 Å². The van der Waals surface area contributed by atoms with Crippen LogP contribution < -0.4 is 11.0 Å². The van der Waals surface area contributed by atoms with Crippen molar-refractivity contribution in [3.8, 4) is 0 Å². The maximum Gasteiger partial charge on any atom is 0.344 e. The molecule has 4 rings (SSSR count). The molecule has 2 atom stereocenters. The van der Waals surface area contributed by atoms with Crippen LogP contribution in [-0.4, -0.2) is 64.4 Å². The molecule has 1 aromatic heterocycles. The second kappa shape index (κ2) is 10.4. The number of anilines is 1. The molecule has 0 spiro atoms. The highest BCUT2D eigenvalue weighted by molar-refractivity contribution is 8.00. The van der Waals surface area contributed by atoms with Crippen LogP contribution in [0.25, 0.3) is 0 Å². The first kappa shape index (κ1) is 24.0. The van der Waals surface area contributed by atoms with Gasteiger partial charge in [0.1, 0.15) is 0 Å². The first-order valence-corrected chi connectivity index (χ1v) is 13.5. The summed E-state index contributed by atoms with van der Waals surface area (Å²) >= 11 is 1.18. The van der Waals surface area contributed by atoms with Gasteiger partial charge in [0.25, 0.3) is 0 Å². The summed E-state index contributed by atoms with van der Waals surface area (Å²) < 4.78 is 34.2. The number of aromatic amines is 1. The Labute approximate surface area is 197 Å². The minimum atomic E-state index is -3.51. The number of thioether (sulfide) groups is 1. The Kier molecular flexibility index (Phi) is 7.57. The van der Waals surface area contributed by atoms with Gasteiger partial charge in [-0.15, -0.1) is 5.10 Å². The number of ether oxygens (including phenoxy) is 1. The average molecular weight is 496 g/mol. The fourth-order valence-electron chi connectivity index (χ4n) is 3.97. The Balaban J connectivity index is 1.37. The largest absolute Gasteiger partial charge is 0.376 e. The van der Waals surface area contributed by atoms with Crippen molar-refractivity contribution in [3.05, 3.63) is 34.7 Å². The van der Waals surface area contributed by atoms with E-state index in [1.165, 1.54) is 32.8 Å². The zero-order valence-electron chi connectivity index (χ0n) is 18.5. The van der Waals surface area contributed by atoms with Crippen molar-refractivity contribution < 1.29 is 17.9 Å². The summed E-state index contributed by atoms with van der Waals surface area (Å²) in [5, 5.41) is 9.20. The van der Waals surface area contributed by atoms with Gasteiger partial charge in [0, 0.05) is 25.4 Å². The average Bonchev–Trinajstić information content (AvgIpc) is 3.46. The zero-order valence-corrected chi connectivity index (χ0v) is 20.2. The molecule has 3 heterocycles. The Morgan fingerprint density at radius 2 is 1.97 bits per heavy atom. The number of nitrogens with zero attached hydrogens (tertiary/aromatic N) is 3. The van der Waals surface area contributed by atoms with Gasteiger partial charge in [0.2, 0.25) is 15.9 Å². The predicted octanol–water partition coefficient (Wildman–Crippen LogP) is 2.04. The van der Waals surface area contributed by atoms with E-state index in [0.717, 1.165) is 32.1 Å². The van der Waals surface area contributed by atoms with E-state index in [4.69, 9.17) is 4.74 Å². The number of carbonyl (C=O) groups is 1. The predicted molar refractivity (Wildman–Crippen MR) is 125 cm³/mol. The van der Waals surface area contributed by atoms with E-state index >= 15 is 0 Å². The summed E-state index contributed by atoms with van der Waals surface area (Å²) in [5.74, 6) is -0.272. The third-order valence-corrected chi connectivity index (χ3v) is 8.86. The zero-order chi connectivity index (χ0) is 23.4. The van der Waals surface area contributed by atoms with Crippen LogP contribution in [0.4, 0.5) is 5.69 Å². The molecule has 2 unspecified atom stereocenters. The highest BCUT2D eigenvalue weighted by Crippen LogP contribution is 2.25. The number of H-pyrrole nitrogens is 1. The minimum Gasteiger partial charge on any atom is -0.376 e. The van der Waals surface area contributed by atoms with Gasteiger partial charge in [0.15, 0.2) is 5.16 Å². The van der Waals surface area contributed by atoms with E-state index < -0.39 is 15.3 Å². The van der Waals surface area contributed by atoms with Crippen molar-refractivity contribution in [2.75, 3.05) is 25.0 Å². The third-order valence-electron chi connectivity index (χ3n) is 5.86. The quantitative estimate of drug-likeness (QED) is 0.537. The van der Waals surface area contributed by atoms with Crippen molar-refractivity contribution in [2.45, 2.75) is 67.0 Å². The molecule has 0 bridgehead atoms. The first-order valence-electron chi connectivity index (χ1n) is 11.2. The fraction of sp³-hybridized carbons (Fsp3) is 0.571. The number of piperidine rings is 1. The molecule has 0 aliphatic carbocycles. The van der Waals surface area contributed by atoms with Crippen molar-refractivity contribution >= 4 is 33.4 Å². The van der Waals surface area contributed by atoms with Crippen LogP contribution in [0, 0.1) is 0 Å². The van der Waals surface area contributed by atoms with Crippen LogP contribution in [0.2, 0.25) is 0 Å². The maximum absolute atomic E-state index is 12.8. The van der Waals surface area contributed by atoms with Crippen molar-refractivity contribution in [2.24, 2.45) is 0 Å². The minimum absolute atomic E-state index is 0.0245. The molecule has 2 fully saturated rings. The Bertz CT molecular complexity index is 1120. The second-order valence-corrected chi connectivity index (χ2v) is 11.5. The SMILES string of the molecule is CC(Sc1n[nH]c(=O)n1CC1CCCO1)C(=O)Nc1ccc(S(=O)(=O)N2CCCCC2)cc1. The standard InChI is InChI=1S/C21H29N5O5S2/c1-15(32-21-24-23-20(28)26(21)14-17-6-5-13-31-17)19(27)22-16-7-9-18(10-8-16)33(29,30)25-11-3-2-4-12-25/h7-10,15,17H,2-6,11-14H2,1H3,(H,22,27)(H,23,28). The van der Waals surface area contributed by atoms with Crippen LogP contribution in [0.3, 0.4) is 0 Å². The van der Waals surface area contributed by atoms with Gasteiger partial charge in [-0.25, -0.2) is 18.3 Å². The first-order chi connectivity index (χ1) is 15.8. The summed E-state index contributed by atoms with van der Waals surface area (Å²) in [4.78, 5) is 25.0. The smallest absolute Gasteiger partial charge is 0.344 e. The normalized spacial score (nSPS) is 20.6. The lowest BCUT2D eigenvalue weighted by atomic mass is 10.2. The van der Waals surface area contributed by atoms with Gasteiger partial charge in [-0.3, -0.25) is 9.36 Å². The number of carbonyl (C=O) groups excluding carboxylic acids is 1. The van der Waals surface area contributed by atoms with Crippen molar-refractivity contribution in [3.63, 3.8) is 0 Å². The molecule has 2 aromatic rings. The van der Waals surface area contributed by atoms with Gasteiger partial charge in [0.05, 0.1) is 22.8 Å². The number of nitrogens with one attached hydrogen (secondary N) is 2. The topological polar surface area (TPSA) is 126 Å². The van der Waals surface area contributed by atoms with E-state index in [1.54, 1.807) is 19.1 Å². The number of amides is 1. The lowest BCUT2D eigenvalue weighted by molar-refractivity contribution is -0.115. The molecule has 1 amide bonds. The Hall–Kier alpha value is -2.15. The monoisotopic (exact) mass is 495 g/mol. The highest BCUT2D eigenvalue weighted by atomic mass is 32.2. The van der Waals surface area contributed by atoms with Crippen LogP contribution >= 0.6 is 11.8 Å². The van der Waals surface area contributed by atoms with Gasteiger partial charge in [-0.2, -0.15) is 4.31 Å². The molecular formula is C21H29N5O5S2. The van der Waals surface area contributed by atoms with Crippen LogP contribution in [-0.2, 0) is 26.1 Å². The van der Waals surface area contributed by atoms with Crippen LogP contribution in [0.1, 0.15) is 39.0 Å². The van der Waals surface area contributed by atoms with Crippen molar-refractivity contribution in [1.29, 1.82) is 0 Å². The summed E-state index contributed by atoms with van der Waals surface area (Å²) in [6.07, 6.45) is 4.64. The number of hydrogen-bond acceptors (Lipinski definition) is 7. The van der Waals surface area contributed by atoms with Crippen molar-refractivity contribution in [1.82, 2.24) is 19.1 Å². The fourth-order valence-corrected chi connectivity index (χ4v) is 6.35. The number of aromatic nitrogens is 3. The molecule has 2 saturated heterocycles. The van der Waals surface area contributed by atoms with Gasteiger partial charge < -0.3 is 10.1 Å². The highest BCUT2D eigenvalue weighted by Gasteiger charge is 2.26. The van der Waals surface area contributed by atoms with E-state index in [-0.39, 0.29) is 22.6 Å². The van der Waals surface area contributed by atoms with E-state index in [1.807, 2.05) is 0 Å². The molecular weight excluding hydrogens is 466 g/mol. The number of hydrogen-bond donors (Lipinski definition) is 2. The van der Waals surface area contributed by atoms with Gasteiger partial charge in [-0.05, 0) is 56.9 Å². The second-order valence-electron chi connectivity index (χ2n) is 8.30. The lowest BCUT2D eigenvalue weighted by Gasteiger charge is -2.25. The molecule has 0 saturated carbocycles. The lowest BCUT2D eigenvalue weighted by Crippen LogP contribution is -2.35. The summed E-state index contributed by atoms with van der Waals surface area (Å²) in [7, 11) is -3.51. The number of benzene rings is 1. The number of sulfonamides is 1. The maximum atomic E-state index is 12.8. The molecule has 2 aliphatic heterocycles.